The van der Waals surface area contributed by atoms with Crippen LogP contribution in [0.4, 0.5) is 10.1 Å². The van der Waals surface area contributed by atoms with Crippen molar-refractivity contribution in [2.75, 3.05) is 12.4 Å². The van der Waals surface area contributed by atoms with Gasteiger partial charge in [-0.3, -0.25) is 4.79 Å². The maximum atomic E-state index is 13.3. The SMILES string of the molecule is COc1cc(Cl)c(C)cc1NC(=O)c1cc2c(C)nn(-c3ccc(F)cc3)c2s1. The number of nitrogens with one attached hydrogen (secondary N) is 1. The zero-order valence-electron chi connectivity index (χ0n) is 15.9. The minimum atomic E-state index is -0.313. The Morgan fingerprint density at radius 2 is 1.93 bits per heavy atom. The fraction of sp³-hybridized carbons (Fsp3) is 0.143. The minimum absolute atomic E-state index is 0.253. The van der Waals surface area contributed by atoms with Crippen LogP contribution in [0, 0.1) is 19.7 Å². The number of carbonyl (C=O) groups excluding carboxylic acids is 1. The molecule has 1 amide bonds. The molecule has 0 radical (unpaired) electrons. The summed E-state index contributed by atoms with van der Waals surface area (Å²) in [6, 6.07) is 11.3. The van der Waals surface area contributed by atoms with Gasteiger partial charge in [-0.25, -0.2) is 9.07 Å². The number of aryl methyl sites for hydroxylation is 2. The number of rotatable bonds is 4. The third kappa shape index (κ3) is 3.59. The predicted molar refractivity (Wildman–Crippen MR) is 114 cm³/mol. The highest BCUT2D eigenvalue weighted by molar-refractivity contribution is 7.20. The molecule has 29 heavy (non-hydrogen) atoms. The van der Waals surface area contributed by atoms with Crippen LogP contribution in [0.25, 0.3) is 15.9 Å². The van der Waals surface area contributed by atoms with E-state index in [1.54, 1.807) is 28.9 Å². The highest BCUT2D eigenvalue weighted by Crippen LogP contribution is 2.34. The van der Waals surface area contributed by atoms with Crippen molar-refractivity contribution in [1.29, 1.82) is 0 Å². The second-order valence-corrected chi connectivity index (χ2v) is 8.00. The molecule has 0 aliphatic heterocycles. The Bertz CT molecular complexity index is 1230. The summed E-state index contributed by atoms with van der Waals surface area (Å²) in [6.07, 6.45) is 0. The van der Waals surface area contributed by atoms with Crippen LogP contribution >= 0.6 is 22.9 Å². The average molecular weight is 430 g/mol. The van der Waals surface area contributed by atoms with Crippen molar-refractivity contribution in [3.63, 3.8) is 0 Å². The van der Waals surface area contributed by atoms with Crippen LogP contribution in [0.1, 0.15) is 20.9 Å². The lowest BCUT2D eigenvalue weighted by atomic mass is 10.2. The fourth-order valence-corrected chi connectivity index (χ4v) is 4.26. The molecule has 0 saturated carbocycles. The van der Waals surface area contributed by atoms with Crippen molar-refractivity contribution in [2.24, 2.45) is 0 Å². The van der Waals surface area contributed by atoms with E-state index in [0.717, 1.165) is 27.2 Å². The van der Waals surface area contributed by atoms with Crippen molar-refractivity contribution < 1.29 is 13.9 Å². The Labute approximate surface area is 175 Å². The average Bonchev–Trinajstić information content (AvgIpc) is 3.26. The number of aromatic nitrogens is 2. The summed E-state index contributed by atoms with van der Waals surface area (Å²) < 4.78 is 20.3. The van der Waals surface area contributed by atoms with E-state index in [4.69, 9.17) is 16.3 Å². The summed E-state index contributed by atoms with van der Waals surface area (Å²) in [7, 11) is 1.52. The van der Waals surface area contributed by atoms with Crippen molar-refractivity contribution in [3.05, 3.63) is 69.4 Å². The van der Waals surface area contributed by atoms with E-state index in [2.05, 4.69) is 10.4 Å². The normalized spacial score (nSPS) is 11.1. The zero-order valence-corrected chi connectivity index (χ0v) is 17.5. The second-order valence-electron chi connectivity index (χ2n) is 6.56. The quantitative estimate of drug-likeness (QED) is 0.449. The maximum Gasteiger partial charge on any atom is 0.265 e. The first kappa shape index (κ1) is 19.4. The summed E-state index contributed by atoms with van der Waals surface area (Å²) in [5, 5.41) is 8.86. The molecule has 2 aromatic heterocycles. The van der Waals surface area contributed by atoms with Gasteiger partial charge in [-0.2, -0.15) is 5.10 Å². The smallest absolute Gasteiger partial charge is 0.265 e. The number of hydrogen-bond acceptors (Lipinski definition) is 4. The number of amides is 1. The van der Waals surface area contributed by atoms with E-state index in [0.29, 0.717) is 21.3 Å². The molecule has 0 spiro atoms. The summed E-state index contributed by atoms with van der Waals surface area (Å²) >= 11 is 7.46. The van der Waals surface area contributed by atoms with Gasteiger partial charge in [0.05, 0.1) is 29.1 Å². The van der Waals surface area contributed by atoms with Gasteiger partial charge in [-0.05, 0) is 55.8 Å². The van der Waals surface area contributed by atoms with Crippen LogP contribution in [0.2, 0.25) is 5.02 Å². The van der Waals surface area contributed by atoms with Crippen molar-refractivity contribution in [2.45, 2.75) is 13.8 Å². The molecule has 4 rings (SSSR count). The van der Waals surface area contributed by atoms with Crippen molar-refractivity contribution >= 4 is 44.7 Å². The van der Waals surface area contributed by atoms with Crippen LogP contribution < -0.4 is 10.1 Å². The Morgan fingerprint density at radius 1 is 1.21 bits per heavy atom. The van der Waals surface area contributed by atoms with E-state index < -0.39 is 0 Å². The number of fused-ring (bicyclic) bond motifs is 1. The lowest BCUT2D eigenvalue weighted by Gasteiger charge is -2.11. The van der Waals surface area contributed by atoms with E-state index in [1.807, 2.05) is 19.9 Å². The van der Waals surface area contributed by atoms with Crippen LogP contribution in [0.15, 0.2) is 42.5 Å². The molecule has 0 bridgehead atoms. The van der Waals surface area contributed by atoms with Crippen LogP contribution in [-0.4, -0.2) is 22.8 Å². The summed E-state index contributed by atoms with van der Waals surface area (Å²) in [5.74, 6) is -0.0765. The fourth-order valence-electron chi connectivity index (χ4n) is 3.03. The van der Waals surface area contributed by atoms with E-state index in [9.17, 15) is 9.18 Å². The van der Waals surface area contributed by atoms with Crippen molar-refractivity contribution in [3.8, 4) is 11.4 Å². The van der Waals surface area contributed by atoms with Gasteiger partial charge in [0.2, 0.25) is 0 Å². The number of ether oxygens (including phenoxy) is 1. The Balaban J connectivity index is 1.70. The Hall–Kier alpha value is -2.90. The molecule has 0 aliphatic carbocycles. The highest BCUT2D eigenvalue weighted by Gasteiger charge is 2.19. The topological polar surface area (TPSA) is 56.1 Å². The van der Waals surface area contributed by atoms with Gasteiger partial charge < -0.3 is 10.1 Å². The number of nitrogens with zero attached hydrogens (tertiary/aromatic N) is 2. The summed E-state index contributed by atoms with van der Waals surface area (Å²) in [4.78, 5) is 14.2. The standard InChI is InChI=1S/C21H17ClFN3O2S/c1-11-8-17(18(28-3)10-16(11)22)24-20(27)19-9-15-12(2)25-26(21(15)29-19)14-6-4-13(23)5-7-14/h4-10H,1-3H3,(H,24,27). The van der Waals surface area contributed by atoms with Gasteiger partial charge in [0.15, 0.2) is 0 Å². The molecule has 2 heterocycles. The number of halogens is 2. The van der Waals surface area contributed by atoms with Crippen LogP contribution in [0.3, 0.4) is 0 Å². The molecule has 0 fully saturated rings. The minimum Gasteiger partial charge on any atom is -0.495 e. The Morgan fingerprint density at radius 3 is 2.62 bits per heavy atom. The number of anilines is 1. The third-order valence-corrected chi connectivity index (χ3v) is 6.09. The number of methoxy groups -OCH3 is 1. The molecule has 1 N–H and O–H groups in total. The molecule has 0 atom stereocenters. The molecule has 4 aromatic rings. The lowest BCUT2D eigenvalue weighted by molar-refractivity contribution is 0.103. The third-order valence-electron chi connectivity index (χ3n) is 4.57. The number of benzene rings is 2. The van der Waals surface area contributed by atoms with Crippen molar-refractivity contribution in [1.82, 2.24) is 9.78 Å². The molecule has 0 unspecified atom stereocenters. The number of hydrogen-bond donors (Lipinski definition) is 1. The number of carbonyl (C=O) groups is 1. The molecule has 8 heteroatoms. The highest BCUT2D eigenvalue weighted by atomic mass is 35.5. The van der Waals surface area contributed by atoms with Gasteiger partial charge in [-0.1, -0.05) is 11.6 Å². The summed E-state index contributed by atoms with van der Waals surface area (Å²) in [6.45, 7) is 3.74. The first-order valence-corrected chi connectivity index (χ1v) is 9.97. The van der Waals surface area contributed by atoms with Gasteiger partial charge in [0, 0.05) is 16.5 Å². The molecular weight excluding hydrogens is 413 g/mol. The Kier molecular flexibility index (Phi) is 5.02. The van der Waals surface area contributed by atoms with Crippen LogP contribution in [0.5, 0.6) is 5.75 Å². The first-order chi connectivity index (χ1) is 13.9. The first-order valence-electron chi connectivity index (χ1n) is 8.78. The van der Waals surface area contributed by atoms with Gasteiger partial charge in [-0.15, -0.1) is 11.3 Å². The second kappa shape index (κ2) is 7.50. The van der Waals surface area contributed by atoms with E-state index >= 15 is 0 Å². The monoisotopic (exact) mass is 429 g/mol. The molecule has 148 valence electrons. The van der Waals surface area contributed by atoms with Gasteiger partial charge in [0.1, 0.15) is 16.4 Å². The van der Waals surface area contributed by atoms with Gasteiger partial charge >= 0.3 is 0 Å². The zero-order chi connectivity index (χ0) is 20.7. The van der Waals surface area contributed by atoms with Crippen LogP contribution in [-0.2, 0) is 0 Å². The largest absolute Gasteiger partial charge is 0.495 e. The summed E-state index contributed by atoms with van der Waals surface area (Å²) in [5.41, 5.74) is 2.91. The van der Waals surface area contributed by atoms with Gasteiger partial charge in [0.25, 0.3) is 5.91 Å². The molecular formula is C21H17ClFN3O2S. The lowest BCUT2D eigenvalue weighted by Crippen LogP contribution is -2.11. The van der Waals surface area contributed by atoms with E-state index in [-0.39, 0.29) is 11.7 Å². The molecule has 2 aromatic carbocycles. The van der Waals surface area contributed by atoms with E-state index in [1.165, 1.54) is 30.6 Å². The number of thiophene rings is 1. The molecule has 0 aliphatic rings. The maximum absolute atomic E-state index is 13.3. The molecule has 5 nitrogen and oxygen atoms in total. The predicted octanol–water partition coefficient (Wildman–Crippen LogP) is 5.76. The molecule has 0 saturated heterocycles.